The zero-order valence-corrected chi connectivity index (χ0v) is 12.9. The van der Waals surface area contributed by atoms with Crippen molar-refractivity contribution in [1.82, 2.24) is 19.2 Å². The molecule has 0 amide bonds. The van der Waals surface area contributed by atoms with Crippen LogP contribution in [0, 0.1) is 0 Å². The second kappa shape index (κ2) is 6.21. The van der Waals surface area contributed by atoms with Gasteiger partial charge in [0.1, 0.15) is 5.82 Å². The summed E-state index contributed by atoms with van der Waals surface area (Å²) < 4.78 is 30.4. The third-order valence-electron chi connectivity index (χ3n) is 3.73. The molecule has 1 saturated heterocycles. The summed E-state index contributed by atoms with van der Waals surface area (Å²) in [5.74, 6) is 0.972. The molecule has 1 unspecified atom stereocenters. The summed E-state index contributed by atoms with van der Waals surface area (Å²) in [4.78, 5) is 9.51. The van der Waals surface area contributed by atoms with E-state index in [0.29, 0.717) is 6.54 Å². The molecule has 1 N–H and O–H groups in total. The average Bonchev–Trinajstić information content (AvgIpc) is 3.04. The SMILES string of the molecule is CO[C@@H]1CC(c2ncc[nH]2)N(CCS(=O)(=O)N(C)C)C1. The van der Waals surface area contributed by atoms with Crippen molar-refractivity contribution in [2.45, 2.75) is 18.6 Å². The zero-order valence-electron chi connectivity index (χ0n) is 12.1. The standard InChI is InChI=1S/C12H22N4O3S/c1-15(2)20(17,18)7-6-16-9-10(19-3)8-11(16)12-13-4-5-14-12/h4-5,10-11H,6-9H2,1-3H3,(H,13,14)/t10-,11?/m1/s1. The Hall–Kier alpha value is -0.960. The molecule has 2 rings (SSSR count). The second-order valence-electron chi connectivity index (χ2n) is 5.18. The molecule has 0 radical (unpaired) electrons. The van der Waals surface area contributed by atoms with Crippen LogP contribution in [0.25, 0.3) is 0 Å². The fraction of sp³-hybridized carbons (Fsp3) is 0.750. The summed E-state index contributed by atoms with van der Waals surface area (Å²) in [6.07, 6.45) is 4.44. The van der Waals surface area contributed by atoms with E-state index in [-0.39, 0.29) is 17.9 Å². The van der Waals surface area contributed by atoms with E-state index in [4.69, 9.17) is 4.74 Å². The summed E-state index contributed by atoms with van der Waals surface area (Å²) >= 11 is 0. The van der Waals surface area contributed by atoms with Gasteiger partial charge in [-0.25, -0.2) is 17.7 Å². The molecule has 8 heteroatoms. The number of hydrogen-bond donors (Lipinski definition) is 1. The van der Waals surface area contributed by atoms with Gasteiger partial charge in [-0.2, -0.15) is 0 Å². The van der Waals surface area contributed by atoms with Crippen LogP contribution < -0.4 is 0 Å². The number of methoxy groups -OCH3 is 1. The number of imidazole rings is 1. The number of aromatic amines is 1. The maximum atomic E-state index is 11.9. The van der Waals surface area contributed by atoms with Crippen LogP contribution in [-0.4, -0.2) is 73.7 Å². The first kappa shape index (κ1) is 15.4. The minimum Gasteiger partial charge on any atom is -0.380 e. The van der Waals surface area contributed by atoms with Crippen molar-refractivity contribution in [1.29, 1.82) is 0 Å². The molecule has 0 bridgehead atoms. The van der Waals surface area contributed by atoms with Gasteiger partial charge in [-0.05, 0) is 6.42 Å². The summed E-state index contributed by atoms with van der Waals surface area (Å²) in [7, 11) is 1.62. The van der Waals surface area contributed by atoms with Crippen molar-refractivity contribution >= 4 is 10.0 Å². The Bertz CT molecular complexity index is 515. The molecular weight excluding hydrogens is 280 g/mol. The van der Waals surface area contributed by atoms with Crippen LogP contribution in [0.2, 0.25) is 0 Å². The minimum absolute atomic E-state index is 0.0901. The monoisotopic (exact) mass is 302 g/mol. The number of nitrogens with one attached hydrogen (secondary N) is 1. The fourth-order valence-corrected chi connectivity index (χ4v) is 3.27. The van der Waals surface area contributed by atoms with Crippen molar-refractivity contribution in [3.05, 3.63) is 18.2 Å². The second-order valence-corrected chi connectivity index (χ2v) is 7.48. The molecule has 1 aromatic heterocycles. The predicted molar refractivity (Wildman–Crippen MR) is 75.8 cm³/mol. The summed E-state index contributed by atoms with van der Waals surface area (Å²) in [5.41, 5.74) is 0. The molecule has 2 atom stereocenters. The normalized spacial score (nSPS) is 24.6. The lowest BCUT2D eigenvalue weighted by molar-refractivity contribution is 0.109. The van der Waals surface area contributed by atoms with Crippen molar-refractivity contribution in [3.63, 3.8) is 0 Å². The van der Waals surface area contributed by atoms with Gasteiger partial charge in [-0.1, -0.05) is 0 Å². The first-order valence-corrected chi connectivity index (χ1v) is 8.21. The van der Waals surface area contributed by atoms with E-state index in [1.54, 1.807) is 33.6 Å². The van der Waals surface area contributed by atoms with E-state index in [2.05, 4.69) is 14.9 Å². The van der Waals surface area contributed by atoms with Crippen LogP contribution in [-0.2, 0) is 14.8 Å². The van der Waals surface area contributed by atoms with Crippen molar-refractivity contribution in [2.75, 3.05) is 40.0 Å². The molecular formula is C12H22N4O3S. The van der Waals surface area contributed by atoms with E-state index < -0.39 is 10.0 Å². The number of nitrogens with zero attached hydrogens (tertiary/aromatic N) is 3. The number of H-pyrrole nitrogens is 1. The van der Waals surface area contributed by atoms with Gasteiger partial charge in [-0.3, -0.25) is 4.90 Å². The summed E-state index contributed by atoms with van der Waals surface area (Å²) in [6.45, 7) is 1.20. The molecule has 0 saturated carbocycles. The maximum absolute atomic E-state index is 11.9. The van der Waals surface area contributed by atoms with Crippen molar-refractivity contribution in [3.8, 4) is 0 Å². The Labute approximate surface area is 120 Å². The molecule has 1 fully saturated rings. The Balaban J connectivity index is 2.05. The van der Waals surface area contributed by atoms with E-state index in [9.17, 15) is 8.42 Å². The molecule has 114 valence electrons. The highest BCUT2D eigenvalue weighted by Gasteiger charge is 2.35. The van der Waals surface area contributed by atoms with Gasteiger partial charge >= 0.3 is 0 Å². The Morgan fingerprint density at radius 2 is 2.30 bits per heavy atom. The molecule has 1 aromatic rings. The van der Waals surface area contributed by atoms with E-state index in [0.717, 1.165) is 18.8 Å². The lowest BCUT2D eigenvalue weighted by Crippen LogP contribution is -2.35. The van der Waals surface area contributed by atoms with Gasteiger partial charge in [0.05, 0.1) is 17.9 Å². The van der Waals surface area contributed by atoms with Gasteiger partial charge < -0.3 is 9.72 Å². The number of ether oxygens (including phenoxy) is 1. The van der Waals surface area contributed by atoms with Gasteiger partial charge in [-0.15, -0.1) is 0 Å². The molecule has 0 aromatic carbocycles. The van der Waals surface area contributed by atoms with E-state index in [1.165, 1.54) is 4.31 Å². The highest BCUT2D eigenvalue weighted by molar-refractivity contribution is 7.89. The summed E-state index contributed by atoms with van der Waals surface area (Å²) in [5, 5.41) is 0. The quantitative estimate of drug-likeness (QED) is 0.804. The van der Waals surface area contributed by atoms with Gasteiger partial charge in [0.2, 0.25) is 10.0 Å². The topological polar surface area (TPSA) is 78.5 Å². The van der Waals surface area contributed by atoms with Crippen LogP contribution in [0.15, 0.2) is 12.4 Å². The smallest absolute Gasteiger partial charge is 0.214 e. The third-order valence-corrected chi connectivity index (χ3v) is 5.54. The van der Waals surface area contributed by atoms with Crippen LogP contribution >= 0.6 is 0 Å². The minimum atomic E-state index is -3.18. The number of aromatic nitrogens is 2. The Morgan fingerprint density at radius 1 is 1.55 bits per heavy atom. The molecule has 1 aliphatic rings. The average molecular weight is 302 g/mol. The first-order chi connectivity index (χ1) is 9.44. The van der Waals surface area contributed by atoms with Crippen LogP contribution in [0.3, 0.4) is 0 Å². The number of hydrogen-bond acceptors (Lipinski definition) is 5. The van der Waals surface area contributed by atoms with Crippen LogP contribution in [0.5, 0.6) is 0 Å². The molecule has 0 spiro atoms. The number of sulfonamides is 1. The largest absolute Gasteiger partial charge is 0.380 e. The predicted octanol–water partition coefficient (Wildman–Crippen LogP) is 0.0629. The number of rotatable bonds is 6. The van der Waals surface area contributed by atoms with E-state index in [1.807, 2.05) is 0 Å². The Morgan fingerprint density at radius 3 is 2.85 bits per heavy atom. The molecule has 0 aliphatic carbocycles. The molecule has 2 heterocycles. The van der Waals surface area contributed by atoms with Crippen LogP contribution in [0.4, 0.5) is 0 Å². The highest BCUT2D eigenvalue weighted by atomic mass is 32.2. The van der Waals surface area contributed by atoms with Gasteiger partial charge in [0.15, 0.2) is 0 Å². The van der Waals surface area contributed by atoms with Gasteiger partial charge in [0.25, 0.3) is 0 Å². The lowest BCUT2D eigenvalue weighted by Gasteiger charge is -2.23. The maximum Gasteiger partial charge on any atom is 0.214 e. The molecule has 20 heavy (non-hydrogen) atoms. The Kier molecular flexibility index (Phi) is 4.79. The van der Waals surface area contributed by atoms with Crippen molar-refractivity contribution in [2.24, 2.45) is 0 Å². The molecule has 1 aliphatic heterocycles. The van der Waals surface area contributed by atoms with Crippen LogP contribution in [0.1, 0.15) is 18.3 Å². The number of likely N-dealkylation sites (tertiary alicyclic amines) is 1. The van der Waals surface area contributed by atoms with Gasteiger partial charge in [0, 0.05) is 46.7 Å². The fourth-order valence-electron chi connectivity index (χ4n) is 2.44. The summed E-state index contributed by atoms with van der Waals surface area (Å²) in [6, 6.07) is 0.0901. The molecule has 7 nitrogen and oxygen atoms in total. The zero-order chi connectivity index (χ0) is 14.8. The first-order valence-electron chi connectivity index (χ1n) is 6.60. The highest BCUT2D eigenvalue weighted by Crippen LogP contribution is 2.31. The van der Waals surface area contributed by atoms with E-state index >= 15 is 0 Å². The van der Waals surface area contributed by atoms with Crippen molar-refractivity contribution < 1.29 is 13.2 Å². The lowest BCUT2D eigenvalue weighted by atomic mass is 10.2. The third kappa shape index (κ3) is 3.38.